The summed E-state index contributed by atoms with van der Waals surface area (Å²) in [5.74, 6) is 1.68. The summed E-state index contributed by atoms with van der Waals surface area (Å²) in [4.78, 5) is 18.5. The number of carbonyl (C=O) groups excluding carboxylic acids is 1. The van der Waals surface area contributed by atoms with E-state index in [9.17, 15) is 4.79 Å². The lowest BCUT2D eigenvalue weighted by molar-refractivity contribution is -0.132. The van der Waals surface area contributed by atoms with Crippen LogP contribution in [-0.4, -0.2) is 29.2 Å². The van der Waals surface area contributed by atoms with Crippen LogP contribution in [0.4, 0.5) is 0 Å². The molecule has 1 amide bonds. The average molecular weight is 178 g/mol. The Bertz CT molecular complexity index is 285. The van der Waals surface area contributed by atoms with Crippen LogP contribution in [0.2, 0.25) is 0 Å². The fourth-order valence-corrected chi connectivity index (χ4v) is 2.81. The molecule has 70 valence electrons. The van der Waals surface area contributed by atoms with Gasteiger partial charge in [-0.15, -0.1) is 0 Å². The molecule has 3 aliphatic rings. The quantitative estimate of drug-likeness (QED) is 0.548. The highest BCUT2D eigenvalue weighted by Gasteiger charge is 2.42. The Labute approximate surface area is 77.8 Å². The van der Waals surface area contributed by atoms with Gasteiger partial charge >= 0.3 is 0 Å². The maximum atomic E-state index is 11.9. The van der Waals surface area contributed by atoms with Crippen molar-refractivity contribution < 1.29 is 4.79 Å². The van der Waals surface area contributed by atoms with E-state index in [-0.39, 0.29) is 5.92 Å². The van der Waals surface area contributed by atoms with Gasteiger partial charge in [0.05, 0.1) is 12.0 Å². The third-order valence-electron chi connectivity index (χ3n) is 3.47. The smallest absolute Gasteiger partial charge is 0.233 e. The van der Waals surface area contributed by atoms with Gasteiger partial charge in [-0.1, -0.05) is 6.42 Å². The van der Waals surface area contributed by atoms with E-state index in [0.717, 1.165) is 38.1 Å². The van der Waals surface area contributed by atoms with Crippen LogP contribution < -0.4 is 0 Å². The molecular formula is C10H14N2O. The molecule has 2 fully saturated rings. The summed E-state index contributed by atoms with van der Waals surface area (Å²) >= 11 is 0. The standard InChI is InChI=1S/C10H14N2O/c13-10-7-3-1-4-8(7)11-9-5-2-6-12(9)10/h7-8H,1-6H2/t7-,8+/m1/s1. The van der Waals surface area contributed by atoms with E-state index in [2.05, 4.69) is 4.99 Å². The molecule has 2 heterocycles. The summed E-state index contributed by atoms with van der Waals surface area (Å²) in [7, 11) is 0. The van der Waals surface area contributed by atoms with E-state index in [4.69, 9.17) is 0 Å². The fraction of sp³-hybridized carbons (Fsp3) is 0.800. The highest BCUT2D eigenvalue weighted by Crippen LogP contribution is 2.35. The first-order chi connectivity index (χ1) is 6.36. The largest absolute Gasteiger partial charge is 0.300 e. The summed E-state index contributed by atoms with van der Waals surface area (Å²) in [5.41, 5.74) is 0. The first kappa shape index (κ1) is 7.54. The highest BCUT2D eigenvalue weighted by atomic mass is 16.2. The third-order valence-corrected chi connectivity index (χ3v) is 3.47. The summed E-state index contributed by atoms with van der Waals surface area (Å²) < 4.78 is 0. The van der Waals surface area contributed by atoms with Crippen LogP contribution in [-0.2, 0) is 4.79 Å². The number of fused-ring (bicyclic) bond motifs is 2. The molecule has 2 aliphatic heterocycles. The van der Waals surface area contributed by atoms with E-state index in [1.165, 1.54) is 6.42 Å². The Balaban J connectivity index is 1.98. The van der Waals surface area contributed by atoms with Crippen molar-refractivity contribution in [2.45, 2.75) is 38.1 Å². The molecule has 2 atom stereocenters. The third kappa shape index (κ3) is 0.960. The minimum Gasteiger partial charge on any atom is -0.300 e. The first-order valence-electron chi connectivity index (χ1n) is 5.24. The number of aliphatic imine (C=N–C) groups is 1. The Hall–Kier alpha value is -0.860. The Morgan fingerprint density at radius 2 is 2.23 bits per heavy atom. The topological polar surface area (TPSA) is 32.7 Å². The maximum absolute atomic E-state index is 11.9. The van der Waals surface area contributed by atoms with Crippen molar-refractivity contribution in [2.75, 3.05) is 6.54 Å². The Kier molecular flexibility index (Phi) is 1.49. The zero-order chi connectivity index (χ0) is 8.84. The molecule has 0 N–H and O–H groups in total. The van der Waals surface area contributed by atoms with Gasteiger partial charge in [-0.05, 0) is 19.3 Å². The predicted molar refractivity (Wildman–Crippen MR) is 49.5 cm³/mol. The molecule has 0 aromatic rings. The van der Waals surface area contributed by atoms with Crippen LogP contribution in [0.25, 0.3) is 0 Å². The molecular weight excluding hydrogens is 164 g/mol. The van der Waals surface area contributed by atoms with Gasteiger partial charge in [0, 0.05) is 13.0 Å². The lowest BCUT2D eigenvalue weighted by Crippen LogP contribution is -2.44. The molecule has 0 aromatic heterocycles. The van der Waals surface area contributed by atoms with E-state index in [1.807, 2.05) is 4.90 Å². The molecule has 1 saturated heterocycles. The molecule has 0 radical (unpaired) electrons. The van der Waals surface area contributed by atoms with Crippen LogP contribution in [0, 0.1) is 5.92 Å². The van der Waals surface area contributed by atoms with Crippen molar-refractivity contribution in [3.63, 3.8) is 0 Å². The number of carbonyl (C=O) groups is 1. The monoisotopic (exact) mass is 178 g/mol. The Morgan fingerprint density at radius 1 is 1.31 bits per heavy atom. The lowest BCUT2D eigenvalue weighted by Gasteiger charge is -2.29. The number of hydrogen-bond donors (Lipinski definition) is 0. The van der Waals surface area contributed by atoms with Crippen LogP contribution in [0.1, 0.15) is 32.1 Å². The minimum atomic E-state index is 0.238. The summed E-state index contributed by atoms with van der Waals surface area (Å²) in [6.07, 6.45) is 5.52. The zero-order valence-electron chi connectivity index (χ0n) is 7.70. The molecule has 0 bridgehead atoms. The normalized spacial score (nSPS) is 37.4. The van der Waals surface area contributed by atoms with Gasteiger partial charge in [-0.3, -0.25) is 9.79 Å². The van der Waals surface area contributed by atoms with Crippen molar-refractivity contribution >= 4 is 11.7 Å². The van der Waals surface area contributed by atoms with E-state index < -0.39 is 0 Å². The molecule has 0 unspecified atom stereocenters. The lowest BCUT2D eigenvalue weighted by atomic mass is 10.0. The van der Waals surface area contributed by atoms with Crippen LogP contribution in [0.5, 0.6) is 0 Å². The molecule has 1 aliphatic carbocycles. The number of amides is 1. The van der Waals surface area contributed by atoms with Crippen molar-refractivity contribution in [2.24, 2.45) is 10.9 Å². The van der Waals surface area contributed by atoms with Crippen molar-refractivity contribution in [3.8, 4) is 0 Å². The molecule has 3 rings (SSSR count). The summed E-state index contributed by atoms with van der Waals surface area (Å²) in [5, 5.41) is 0. The molecule has 3 heteroatoms. The van der Waals surface area contributed by atoms with Gasteiger partial charge in [0.15, 0.2) is 0 Å². The van der Waals surface area contributed by atoms with E-state index >= 15 is 0 Å². The number of amidine groups is 1. The van der Waals surface area contributed by atoms with Crippen LogP contribution in [0.15, 0.2) is 4.99 Å². The van der Waals surface area contributed by atoms with Gasteiger partial charge in [0.2, 0.25) is 5.91 Å². The van der Waals surface area contributed by atoms with Crippen molar-refractivity contribution in [3.05, 3.63) is 0 Å². The zero-order valence-corrected chi connectivity index (χ0v) is 7.70. The second-order valence-corrected chi connectivity index (χ2v) is 4.24. The van der Waals surface area contributed by atoms with Gasteiger partial charge < -0.3 is 4.90 Å². The van der Waals surface area contributed by atoms with E-state index in [0.29, 0.717) is 11.9 Å². The summed E-state index contributed by atoms with van der Waals surface area (Å²) in [6, 6.07) is 0.344. The predicted octanol–water partition coefficient (Wildman–Crippen LogP) is 1.19. The van der Waals surface area contributed by atoms with Gasteiger partial charge in [-0.25, -0.2) is 0 Å². The molecule has 0 spiro atoms. The summed E-state index contributed by atoms with van der Waals surface area (Å²) in [6.45, 7) is 0.918. The second-order valence-electron chi connectivity index (χ2n) is 4.24. The van der Waals surface area contributed by atoms with Gasteiger partial charge in [0.25, 0.3) is 0 Å². The highest BCUT2D eigenvalue weighted by molar-refractivity contribution is 6.02. The SMILES string of the molecule is O=C1[C@@H]2CCC[C@@H]2N=C2CCCN12. The van der Waals surface area contributed by atoms with Gasteiger partial charge in [0.1, 0.15) is 5.84 Å². The fourth-order valence-electron chi connectivity index (χ4n) is 2.81. The average Bonchev–Trinajstić information content (AvgIpc) is 2.71. The van der Waals surface area contributed by atoms with Crippen LogP contribution >= 0.6 is 0 Å². The first-order valence-corrected chi connectivity index (χ1v) is 5.24. The molecule has 0 aromatic carbocycles. The molecule has 13 heavy (non-hydrogen) atoms. The van der Waals surface area contributed by atoms with Crippen molar-refractivity contribution in [1.29, 1.82) is 0 Å². The Morgan fingerprint density at radius 3 is 3.15 bits per heavy atom. The minimum absolute atomic E-state index is 0.238. The molecule has 1 saturated carbocycles. The maximum Gasteiger partial charge on any atom is 0.233 e. The molecule has 3 nitrogen and oxygen atoms in total. The number of nitrogens with zero attached hydrogens (tertiary/aromatic N) is 2. The van der Waals surface area contributed by atoms with Crippen molar-refractivity contribution in [1.82, 2.24) is 4.90 Å². The number of hydrogen-bond acceptors (Lipinski definition) is 2. The number of rotatable bonds is 0. The van der Waals surface area contributed by atoms with Gasteiger partial charge in [-0.2, -0.15) is 0 Å². The van der Waals surface area contributed by atoms with Crippen LogP contribution in [0.3, 0.4) is 0 Å². The van der Waals surface area contributed by atoms with E-state index in [1.54, 1.807) is 0 Å². The second kappa shape index (κ2) is 2.56.